The maximum Gasteiger partial charge on any atom is 0.326 e. The van der Waals surface area contributed by atoms with Crippen LogP contribution < -0.4 is 5.32 Å². The lowest BCUT2D eigenvalue weighted by molar-refractivity contribution is -0.387. The lowest BCUT2D eigenvalue weighted by Gasteiger charge is -2.14. The summed E-state index contributed by atoms with van der Waals surface area (Å²) in [5, 5.41) is 23.6. The molecule has 0 fully saturated rings. The number of nitro groups is 1. The van der Waals surface area contributed by atoms with Crippen LogP contribution in [0.25, 0.3) is 0 Å². The number of thiophene rings is 1. The number of carboxylic acids is 1. The highest BCUT2D eigenvalue weighted by atomic mass is 79.9. The van der Waals surface area contributed by atoms with E-state index in [0.717, 1.165) is 23.6 Å². The maximum absolute atomic E-state index is 12.7. The van der Waals surface area contributed by atoms with Crippen molar-refractivity contribution in [3.8, 4) is 0 Å². The number of amides is 1. The number of hydrogen-bond acceptors (Lipinski definition) is 6. The fourth-order valence-corrected chi connectivity index (χ4v) is 6.56. The number of nitrogens with zero attached hydrogens (tertiary/aromatic N) is 1. The summed E-state index contributed by atoms with van der Waals surface area (Å²) in [7, 11) is 0. The average Bonchev–Trinajstić information content (AvgIpc) is 3.05. The van der Waals surface area contributed by atoms with Crippen molar-refractivity contribution < 1.29 is 19.6 Å². The van der Waals surface area contributed by atoms with E-state index < -0.39 is 22.8 Å². The van der Waals surface area contributed by atoms with E-state index in [1.165, 1.54) is 41.3 Å². The number of carbonyl (C=O) groups excluding carboxylic acids is 1. The van der Waals surface area contributed by atoms with Gasteiger partial charge in [-0.1, -0.05) is 29.5 Å². The molecule has 11 heteroatoms. The molecule has 32 heavy (non-hydrogen) atoms. The molecule has 0 spiro atoms. The van der Waals surface area contributed by atoms with Crippen molar-refractivity contribution in [1.82, 2.24) is 5.32 Å². The first-order valence-electron chi connectivity index (χ1n) is 9.14. The van der Waals surface area contributed by atoms with Crippen LogP contribution in [0.5, 0.6) is 0 Å². The highest BCUT2D eigenvalue weighted by Gasteiger charge is 2.25. The van der Waals surface area contributed by atoms with Gasteiger partial charge in [-0.15, -0.1) is 11.3 Å². The summed E-state index contributed by atoms with van der Waals surface area (Å²) < 4.78 is 1.59. The van der Waals surface area contributed by atoms with E-state index in [-0.39, 0.29) is 17.7 Å². The highest BCUT2D eigenvalue weighted by molar-refractivity contribution is 9.12. The Labute approximate surface area is 208 Å². The molecule has 166 valence electrons. The number of aliphatic carboxylic acids is 1. The average molecular weight is 600 g/mol. The Bertz CT molecular complexity index is 1180. The zero-order chi connectivity index (χ0) is 23.4. The van der Waals surface area contributed by atoms with Crippen LogP contribution in [-0.2, 0) is 11.2 Å². The number of halogens is 2. The Hall–Kier alpha value is -2.21. The van der Waals surface area contributed by atoms with Gasteiger partial charge in [-0.2, -0.15) is 0 Å². The van der Waals surface area contributed by atoms with Gasteiger partial charge in [0.05, 0.1) is 17.4 Å². The van der Waals surface area contributed by atoms with Crippen molar-refractivity contribution in [3.63, 3.8) is 0 Å². The molecule has 0 saturated carbocycles. The molecule has 0 radical (unpaired) electrons. The third-order valence-electron chi connectivity index (χ3n) is 4.42. The van der Waals surface area contributed by atoms with Gasteiger partial charge in [0, 0.05) is 22.9 Å². The SMILES string of the molecule is Cc1ccc(Sc2ccc(C(=O)NC(Cc3cc(Br)sc3Br)C(=O)O)cc2[N+](=O)[O-])cc1. The van der Waals surface area contributed by atoms with Gasteiger partial charge in [0.2, 0.25) is 0 Å². The summed E-state index contributed by atoms with van der Waals surface area (Å²) in [6.07, 6.45) is 0.0627. The summed E-state index contributed by atoms with van der Waals surface area (Å²) >= 11 is 9.33. The van der Waals surface area contributed by atoms with Gasteiger partial charge < -0.3 is 10.4 Å². The molecule has 1 aromatic heterocycles. The van der Waals surface area contributed by atoms with Crippen LogP contribution in [-0.4, -0.2) is 27.9 Å². The number of aryl methyl sites for hydroxylation is 1. The second-order valence-electron chi connectivity index (χ2n) is 6.77. The van der Waals surface area contributed by atoms with E-state index in [0.29, 0.717) is 4.90 Å². The van der Waals surface area contributed by atoms with Crippen molar-refractivity contribution in [1.29, 1.82) is 0 Å². The Morgan fingerprint density at radius 3 is 2.44 bits per heavy atom. The van der Waals surface area contributed by atoms with Gasteiger partial charge >= 0.3 is 5.97 Å². The van der Waals surface area contributed by atoms with Crippen molar-refractivity contribution >= 4 is 72.5 Å². The Kier molecular flexibility index (Phi) is 8.10. The summed E-state index contributed by atoms with van der Waals surface area (Å²) in [4.78, 5) is 36.7. The van der Waals surface area contributed by atoms with E-state index >= 15 is 0 Å². The molecule has 0 aliphatic rings. The minimum absolute atomic E-state index is 0.0155. The number of benzene rings is 2. The predicted octanol–water partition coefficient (Wildman–Crippen LogP) is 6.07. The molecular formula is C21H16Br2N2O5S2. The van der Waals surface area contributed by atoms with Gasteiger partial charge in [0.1, 0.15) is 6.04 Å². The zero-order valence-corrected chi connectivity index (χ0v) is 21.3. The quantitative estimate of drug-likeness (QED) is 0.240. The van der Waals surface area contributed by atoms with Crippen LogP contribution in [0, 0.1) is 17.0 Å². The summed E-state index contributed by atoms with van der Waals surface area (Å²) in [6.45, 7) is 1.95. The lowest BCUT2D eigenvalue weighted by Crippen LogP contribution is -2.42. The smallest absolute Gasteiger partial charge is 0.326 e. The standard InChI is InChI=1S/C21H16Br2N2O5S2/c1-11-2-5-14(6-3-11)31-17-7-4-12(9-16(17)25(29)30)20(26)24-15(21(27)28)8-13-10-18(22)32-19(13)23/h2-7,9-10,15H,8H2,1H3,(H,24,26)(H,27,28). The van der Waals surface area contributed by atoms with Gasteiger partial charge in [0.25, 0.3) is 11.6 Å². The van der Waals surface area contributed by atoms with E-state index in [4.69, 9.17) is 0 Å². The van der Waals surface area contributed by atoms with Crippen molar-refractivity contribution in [2.24, 2.45) is 0 Å². The second kappa shape index (κ2) is 10.6. The predicted molar refractivity (Wildman–Crippen MR) is 131 cm³/mol. The molecule has 2 N–H and O–H groups in total. The number of hydrogen-bond donors (Lipinski definition) is 2. The normalized spacial score (nSPS) is 11.7. The van der Waals surface area contributed by atoms with Crippen molar-refractivity contribution in [2.75, 3.05) is 0 Å². The van der Waals surface area contributed by atoms with E-state index in [2.05, 4.69) is 37.2 Å². The number of nitro benzene ring substituents is 1. The van der Waals surface area contributed by atoms with Crippen molar-refractivity contribution in [3.05, 3.63) is 82.9 Å². The maximum atomic E-state index is 12.7. The lowest BCUT2D eigenvalue weighted by atomic mass is 10.1. The number of rotatable bonds is 8. The molecule has 7 nitrogen and oxygen atoms in total. The first-order chi connectivity index (χ1) is 15.1. The minimum atomic E-state index is -1.20. The number of carboxylic acid groups (broad SMARTS) is 1. The largest absolute Gasteiger partial charge is 0.480 e. The molecule has 1 unspecified atom stereocenters. The molecule has 3 aromatic rings. The van der Waals surface area contributed by atoms with Crippen LogP contribution >= 0.6 is 55.0 Å². The van der Waals surface area contributed by atoms with Crippen LogP contribution in [0.3, 0.4) is 0 Å². The third-order valence-corrected chi connectivity index (χ3v) is 7.96. The third kappa shape index (κ3) is 6.18. The second-order valence-corrected chi connectivity index (χ2v) is 11.6. The molecule has 0 bridgehead atoms. The molecule has 0 aliphatic heterocycles. The molecule has 1 amide bonds. The van der Waals surface area contributed by atoms with Gasteiger partial charge in [-0.05, 0) is 74.7 Å². The van der Waals surface area contributed by atoms with Gasteiger partial charge in [-0.25, -0.2) is 4.79 Å². The van der Waals surface area contributed by atoms with Gasteiger partial charge in [0.15, 0.2) is 0 Å². The summed E-state index contributed by atoms with van der Waals surface area (Å²) in [6, 6.07) is 12.3. The molecular weight excluding hydrogens is 584 g/mol. The van der Waals surface area contributed by atoms with E-state index in [1.807, 2.05) is 31.2 Å². The number of nitrogens with one attached hydrogen (secondary N) is 1. The summed E-state index contributed by atoms with van der Waals surface area (Å²) in [5.74, 6) is -1.90. The van der Waals surface area contributed by atoms with Crippen molar-refractivity contribution in [2.45, 2.75) is 29.2 Å². The molecule has 1 heterocycles. The first-order valence-corrected chi connectivity index (χ1v) is 12.4. The topological polar surface area (TPSA) is 110 Å². The van der Waals surface area contributed by atoms with Crippen LogP contribution in [0.15, 0.2) is 65.9 Å². The zero-order valence-electron chi connectivity index (χ0n) is 16.5. The molecule has 0 aliphatic carbocycles. The monoisotopic (exact) mass is 598 g/mol. The Balaban J connectivity index is 1.81. The molecule has 1 atom stereocenters. The van der Waals surface area contributed by atoms with Crippen LogP contribution in [0.4, 0.5) is 5.69 Å². The van der Waals surface area contributed by atoms with E-state index in [9.17, 15) is 24.8 Å². The van der Waals surface area contributed by atoms with E-state index in [1.54, 1.807) is 6.07 Å². The van der Waals surface area contributed by atoms with Crippen LogP contribution in [0.1, 0.15) is 21.5 Å². The molecule has 0 saturated heterocycles. The first kappa shape index (κ1) is 24.4. The summed E-state index contributed by atoms with van der Waals surface area (Å²) in [5.41, 5.74) is 1.59. The molecule has 2 aromatic carbocycles. The minimum Gasteiger partial charge on any atom is -0.480 e. The number of carbonyl (C=O) groups is 2. The fraction of sp³-hybridized carbons (Fsp3) is 0.143. The van der Waals surface area contributed by atoms with Gasteiger partial charge in [-0.3, -0.25) is 14.9 Å². The fourth-order valence-electron chi connectivity index (χ4n) is 2.80. The van der Waals surface area contributed by atoms with Crippen LogP contribution in [0.2, 0.25) is 0 Å². The Morgan fingerprint density at radius 2 is 1.88 bits per heavy atom. The molecule has 3 rings (SSSR count). The highest BCUT2D eigenvalue weighted by Crippen LogP contribution is 2.36. The Morgan fingerprint density at radius 1 is 1.19 bits per heavy atom.